The summed E-state index contributed by atoms with van der Waals surface area (Å²) in [6.07, 6.45) is 0. The highest BCUT2D eigenvalue weighted by Gasteiger charge is 2.14. The molecule has 0 aliphatic carbocycles. The molecule has 0 radical (unpaired) electrons. The summed E-state index contributed by atoms with van der Waals surface area (Å²) in [6, 6.07) is 7.07. The molecule has 7 nitrogen and oxygen atoms in total. The van der Waals surface area contributed by atoms with Crippen molar-refractivity contribution in [3.8, 4) is 0 Å². The Kier molecular flexibility index (Phi) is 5.03. The summed E-state index contributed by atoms with van der Waals surface area (Å²) in [5.41, 5.74) is 2.65. The maximum Gasteiger partial charge on any atom is 0.337 e. The fraction of sp³-hybridized carbons (Fsp3) is 0.333. The Balaban J connectivity index is 2.09. The van der Waals surface area contributed by atoms with Gasteiger partial charge in [-0.05, 0) is 45.0 Å². The van der Waals surface area contributed by atoms with E-state index in [0.29, 0.717) is 29.1 Å². The molecule has 0 aliphatic heterocycles. The van der Waals surface area contributed by atoms with Crippen LogP contribution < -0.4 is 4.80 Å². The lowest BCUT2D eigenvalue weighted by Crippen LogP contribution is -2.16. The number of methoxy groups -OCH3 is 1. The van der Waals surface area contributed by atoms with Crippen LogP contribution >= 0.6 is 11.3 Å². The quantitative estimate of drug-likeness (QED) is 0.660. The summed E-state index contributed by atoms with van der Waals surface area (Å²) in [4.78, 5) is 29.1. The summed E-state index contributed by atoms with van der Waals surface area (Å²) in [6.45, 7) is 7.23. The predicted octanol–water partition coefficient (Wildman–Crippen LogP) is 2.78. The van der Waals surface area contributed by atoms with Crippen LogP contribution in [0.15, 0.2) is 29.3 Å². The van der Waals surface area contributed by atoms with Crippen molar-refractivity contribution in [2.24, 2.45) is 4.99 Å². The molecular formula is C18H20N4O3S. The van der Waals surface area contributed by atoms with Gasteiger partial charge < -0.3 is 9.30 Å². The van der Waals surface area contributed by atoms with Crippen molar-refractivity contribution in [1.29, 1.82) is 0 Å². The highest BCUT2D eigenvalue weighted by atomic mass is 32.1. The number of aryl methyl sites for hydroxylation is 3. The van der Waals surface area contributed by atoms with E-state index in [1.165, 1.54) is 18.4 Å². The van der Waals surface area contributed by atoms with Gasteiger partial charge in [0.15, 0.2) is 10.5 Å². The van der Waals surface area contributed by atoms with Crippen LogP contribution in [-0.4, -0.2) is 33.3 Å². The molecule has 0 bridgehead atoms. The Labute approximate surface area is 154 Å². The van der Waals surface area contributed by atoms with Gasteiger partial charge in [0, 0.05) is 18.8 Å². The molecule has 0 N–H and O–H groups in total. The van der Waals surface area contributed by atoms with Gasteiger partial charge >= 0.3 is 5.97 Å². The van der Waals surface area contributed by atoms with Crippen molar-refractivity contribution in [1.82, 2.24) is 14.3 Å². The number of hydrogen-bond donors (Lipinski definition) is 0. The van der Waals surface area contributed by atoms with Crippen LogP contribution in [0.4, 0.5) is 0 Å². The standard InChI is InChI=1S/C18H20N4O3S/c1-5-21-14-8-7-12(17(24)25-4)10-15(14)26-18(21)19-16(23)13-9-11(3)22(6-2)20-13/h7-10H,5-6H2,1-4H3. The Hall–Kier alpha value is -2.74. The van der Waals surface area contributed by atoms with Gasteiger partial charge in [0.05, 0.1) is 22.9 Å². The maximum absolute atomic E-state index is 12.5. The SMILES string of the molecule is CCn1nc(C(=O)N=c2sc3cc(C(=O)OC)ccc3n2CC)cc1C. The van der Waals surface area contributed by atoms with E-state index in [0.717, 1.165) is 15.9 Å². The van der Waals surface area contributed by atoms with Crippen molar-refractivity contribution < 1.29 is 14.3 Å². The lowest BCUT2D eigenvalue weighted by Gasteiger charge is -2.01. The summed E-state index contributed by atoms with van der Waals surface area (Å²) in [5, 5.41) is 4.29. The third kappa shape index (κ3) is 3.20. The van der Waals surface area contributed by atoms with Crippen LogP contribution in [0, 0.1) is 6.92 Å². The first kappa shape index (κ1) is 18.1. The number of hydrogen-bond acceptors (Lipinski definition) is 5. The Morgan fingerprint density at radius 1 is 1.23 bits per heavy atom. The number of ether oxygens (including phenoxy) is 1. The molecule has 2 heterocycles. The monoisotopic (exact) mass is 372 g/mol. The van der Waals surface area contributed by atoms with Gasteiger partial charge in [-0.1, -0.05) is 11.3 Å². The second kappa shape index (κ2) is 7.25. The molecule has 3 aromatic rings. The molecule has 1 aromatic carbocycles. The Bertz CT molecular complexity index is 1060. The minimum atomic E-state index is -0.390. The Morgan fingerprint density at radius 2 is 2.00 bits per heavy atom. The van der Waals surface area contributed by atoms with E-state index in [9.17, 15) is 9.59 Å². The fourth-order valence-corrected chi connectivity index (χ4v) is 3.92. The molecule has 0 unspecified atom stereocenters. The molecule has 136 valence electrons. The predicted molar refractivity (Wildman–Crippen MR) is 99.4 cm³/mol. The Morgan fingerprint density at radius 3 is 2.62 bits per heavy atom. The number of thiazole rings is 1. The lowest BCUT2D eigenvalue weighted by molar-refractivity contribution is 0.0601. The lowest BCUT2D eigenvalue weighted by atomic mass is 10.2. The van der Waals surface area contributed by atoms with E-state index in [4.69, 9.17) is 4.74 Å². The first-order valence-corrected chi connectivity index (χ1v) is 9.15. The molecule has 0 saturated heterocycles. The number of carbonyl (C=O) groups is 2. The van der Waals surface area contributed by atoms with E-state index >= 15 is 0 Å². The topological polar surface area (TPSA) is 78.5 Å². The second-order valence-corrected chi connectivity index (χ2v) is 6.72. The van der Waals surface area contributed by atoms with Crippen LogP contribution in [-0.2, 0) is 17.8 Å². The van der Waals surface area contributed by atoms with Gasteiger partial charge in [-0.3, -0.25) is 9.48 Å². The van der Waals surface area contributed by atoms with Crippen molar-refractivity contribution in [2.45, 2.75) is 33.9 Å². The third-order valence-corrected chi connectivity index (χ3v) is 5.16. The molecule has 0 spiro atoms. The average Bonchev–Trinajstić information content (AvgIpc) is 3.19. The summed E-state index contributed by atoms with van der Waals surface area (Å²) in [5.74, 6) is -0.763. The summed E-state index contributed by atoms with van der Waals surface area (Å²) >= 11 is 1.36. The van der Waals surface area contributed by atoms with Gasteiger partial charge in [-0.25, -0.2) is 4.79 Å². The number of carbonyl (C=O) groups excluding carboxylic acids is 2. The molecule has 8 heteroatoms. The van der Waals surface area contributed by atoms with E-state index in [1.54, 1.807) is 22.9 Å². The highest BCUT2D eigenvalue weighted by Crippen LogP contribution is 2.20. The van der Waals surface area contributed by atoms with Crippen molar-refractivity contribution >= 4 is 33.4 Å². The molecule has 2 aromatic heterocycles. The van der Waals surface area contributed by atoms with E-state index < -0.39 is 5.97 Å². The maximum atomic E-state index is 12.5. The molecule has 26 heavy (non-hydrogen) atoms. The number of aromatic nitrogens is 3. The molecule has 3 rings (SSSR count). The van der Waals surface area contributed by atoms with E-state index in [-0.39, 0.29) is 5.91 Å². The number of benzene rings is 1. The highest BCUT2D eigenvalue weighted by molar-refractivity contribution is 7.16. The van der Waals surface area contributed by atoms with Crippen LogP contribution in [0.2, 0.25) is 0 Å². The zero-order chi connectivity index (χ0) is 18.8. The normalized spacial score (nSPS) is 11.9. The van der Waals surface area contributed by atoms with Gasteiger partial charge in [0.25, 0.3) is 5.91 Å². The van der Waals surface area contributed by atoms with Crippen molar-refractivity contribution in [3.05, 3.63) is 46.0 Å². The van der Waals surface area contributed by atoms with Crippen molar-refractivity contribution in [2.75, 3.05) is 7.11 Å². The second-order valence-electron chi connectivity index (χ2n) is 5.71. The van der Waals surface area contributed by atoms with E-state index in [2.05, 4.69) is 10.1 Å². The zero-order valence-electron chi connectivity index (χ0n) is 15.1. The van der Waals surface area contributed by atoms with Gasteiger partial charge in [0.2, 0.25) is 0 Å². The molecular weight excluding hydrogens is 352 g/mol. The summed E-state index contributed by atoms with van der Waals surface area (Å²) in [7, 11) is 1.35. The largest absolute Gasteiger partial charge is 0.465 e. The van der Waals surface area contributed by atoms with E-state index in [1.807, 2.05) is 31.4 Å². The molecule has 0 saturated carbocycles. The van der Waals surface area contributed by atoms with Crippen LogP contribution in [0.5, 0.6) is 0 Å². The minimum Gasteiger partial charge on any atom is -0.465 e. The minimum absolute atomic E-state index is 0.333. The number of fused-ring (bicyclic) bond motifs is 1. The number of esters is 1. The molecule has 0 fully saturated rings. The molecule has 0 atom stereocenters. The molecule has 0 aliphatic rings. The fourth-order valence-electron chi connectivity index (χ4n) is 2.79. The van der Waals surface area contributed by atoms with Crippen LogP contribution in [0.1, 0.15) is 40.4 Å². The van der Waals surface area contributed by atoms with Crippen LogP contribution in [0.25, 0.3) is 10.2 Å². The number of nitrogens with zero attached hydrogens (tertiary/aromatic N) is 4. The first-order chi connectivity index (χ1) is 12.5. The first-order valence-electron chi connectivity index (χ1n) is 8.33. The summed E-state index contributed by atoms with van der Waals surface area (Å²) < 4.78 is 9.35. The zero-order valence-corrected chi connectivity index (χ0v) is 16.0. The molecule has 1 amide bonds. The van der Waals surface area contributed by atoms with Gasteiger partial charge in [0.1, 0.15) is 0 Å². The number of amides is 1. The smallest absolute Gasteiger partial charge is 0.337 e. The van der Waals surface area contributed by atoms with Crippen molar-refractivity contribution in [3.63, 3.8) is 0 Å². The average molecular weight is 372 g/mol. The van der Waals surface area contributed by atoms with Crippen LogP contribution in [0.3, 0.4) is 0 Å². The third-order valence-electron chi connectivity index (χ3n) is 4.12. The van der Waals surface area contributed by atoms with Gasteiger partial charge in [-0.15, -0.1) is 0 Å². The number of rotatable bonds is 4. The van der Waals surface area contributed by atoms with Gasteiger partial charge in [-0.2, -0.15) is 10.1 Å².